The second kappa shape index (κ2) is 6.78. The van der Waals surface area contributed by atoms with Crippen LogP contribution < -0.4 is 4.90 Å². The summed E-state index contributed by atoms with van der Waals surface area (Å²) in [6.45, 7) is 0.556. The number of anilines is 1. The van der Waals surface area contributed by atoms with Crippen molar-refractivity contribution in [3.63, 3.8) is 0 Å². The van der Waals surface area contributed by atoms with Crippen molar-refractivity contribution >= 4 is 33.2 Å². The van der Waals surface area contributed by atoms with Crippen molar-refractivity contribution in [3.8, 4) is 0 Å². The number of carbonyl (C=O) groups excluding carboxylic acids is 1. The fourth-order valence-corrected chi connectivity index (χ4v) is 4.09. The molecule has 0 fully saturated rings. The lowest BCUT2D eigenvalue weighted by molar-refractivity contribution is -0.117. The molecule has 0 bridgehead atoms. The predicted molar refractivity (Wildman–Crippen MR) is 98.5 cm³/mol. The Bertz CT molecular complexity index is 926. The van der Waals surface area contributed by atoms with Crippen LogP contribution in [0, 0.1) is 0 Å². The summed E-state index contributed by atoms with van der Waals surface area (Å²) in [5.41, 5.74) is 2.52. The average Bonchev–Trinajstić information content (AvgIpc) is 2.97. The largest absolute Gasteiger partial charge is 0.312 e. The first kappa shape index (κ1) is 17.9. The first-order valence-corrected chi connectivity index (χ1v) is 9.71. The molecule has 25 heavy (non-hydrogen) atoms. The van der Waals surface area contributed by atoms with Crippen LogP contribution >= 0.6 is 11.6 Å². The van der Waals surface area contributed by atoms with E-state index in [1.807, 2.05) is 12.1 Å². The van der Waals surface area contributed by atoms with Gasteiger partial charge in [-0.3, -0.25) is 4.79 Å². The zero-order valence-corrected chi connectivity index (χ0v) is 15.6. The minimum atomic E-state index is -3.47. The van der Waals surface area contributed by atoms with Gasteiger partial charge in [0.1, 0.15) is 0 Å². The summed E-state index contributed by atoms with van der Waals surface area (Å²) in [4.78, 5) is 14.6. The van der Waals surface area contributed by atoms with Crippen molar-refractivity contribution < 1.29 is 13.2 Å². The van der Waals surface area contributed by atoms with Crippen molar-refractivity contribution in [2.45, 2.75) is 17.7 Å². The van der Waals surface area contributed by atoms with E-state index in [0.29, 0.717) is 18.0 Å². The molecule has 1 aliphatic rings. The molecule has 0 atom stereocenters. The number of carbonyl (C=O) groups is 1. The molecule has 1 amide bonds. The Balaban J connectivity index is 1.84. The van der Waals surface area contributed by atoms with Crippen LogP contribution in [0.1, 0.15) is 11.1 Å². The third-order valence-electron chi connectivity index (χ3n) is 4.27. The second-order valence-electron chi connectivity index (χ2n) is 6.18. The highest BCUT2D eigenvalue weighted by molar-refractivity contribution is 7.89. The molecule has 0 aliphatic carbocycles. The highest BCUT2D eigenvalue weighted by Gasteiger charge is 2.27. The summed E-state index contributed by atoms with van der Waals surface area (Å²) in [5.74, 6) is -0.0239. The summed E-state index contributed by atoms with van der Waals surface area (Å²) < 4.78 is 25.7. The SMILES string of the molecule is CN(C)S(=O)(=O)c1ccc2c(c1)CCN2C(=O)Cc1cccc(Cl)c1. The molecule has 1 aliphatic heterocycles. The fraction of sp³-hybridized carbons (Fsp3) is 0.278. The lowest BCUT2D eigenvalue weighted by atomic mass is 10.1. The van der Waals surface area contributed by atoms with E-state index in [1.165, 1.54) is 18.4 Å². The first-order chi connectivity index (χ1) is 11.8. The number of benzene rings is 2. The van der Waals surface area contributed by atoms with Crippen molar-refractivity contribution in [1.82, 2.24) is 4.31 Å². The van der Waals surface area contributed by atoms with Crippen LogP contribution in [0.25, 0.3) is 0 Å². The van der Waals surface area contributed by atoms with Crippen molar-refractivity contribution in [2.24, 2.45) is 0 Å². The summed E-state index contributed by atoms with van der Waals surface area (Å²) in [6, 6.07) is 12.2. The Hall–Kier alpha value is -1.89. The Labute approximate surface area is 152 Å². The number of fused-ring (bicyclic) bond motifs is 1. The lowest BCUT2D eigenvalue weighted by Gasteiger charge is -2.18. The maximum Gasteiger partial charge on any atom is 0.242 e. The van der Waals surface area contributed by atoms with E-state index in [4.69, 9.17) is 11.6 Å². The fourth-order valence-electron chi connectivity index (χ4n) is 2.93. The third-order valence-corrected chi connectivity index (χ3v) is 6.32. The van der Waals surface area contributed by atoms with Gasteiger partial charge in [0.15, 0.2) is 0 Å². The van der Waals surface area contributed by atoms with E-state index in [-0.39, 0.29) is 17.2 Å². The molecule has 132 valence electrons. The van der Waals surface area contributed by atoms with Gasteiger partial charge in [0.25, 0.3) is 0 Å². The number of hydrogen-bond acceptors (Lipinski definition) is 3. The smallest absolute Gasteiger partial charge is 0.242 e. The summed E-state index contributed by atoms with van der Waals surface area (Å²) in [6.07, 6.45) is 0.908. The Morgan fingerprint density at radius 3 is 2.64 bits per heavy atom. The van der Waals surface area contributed by atoms with Crippen molar-refractivity contribution in [1.29, 1.82) is 0 Å². The molecular weight excluding hydrogens is 360 g/mol. The molecule has 0 N–H and O–H groups in total. The number of amides is 1. The van der Waals surface area contributed by atoms with E-state index >= 15 is 0 Å². The molecule has 0 radical (unpaired) electrons. The minimum Gasteiger partial charge on any atom is -0.312 e. The first-order valence-electron chi connectivity index (χ1n) is 7.89. The van der Waals surface area contributed by atoms with E-state index in [1.54, 1.807) is 35.2 Å². The molecule has 0 aromatic heterocycles. The van der Waals surface area contributed by atoms with Gasteiger partial charge < -0.3 is 4.90 Å². The van der Waals surface area contributed by atoms with E-state index in [9.17, 15) is 13.2 Å². The topological polar surface area (TPSA) is 57.7 Å². The molecule has 0 saturated carbocycles. The summed E-state index contributed by atoms with van der Waals surface area (Å²) in [7, 11) is -0.468. The predicted octanol–water partition coefficient (Wildman–Crippen LogP) is 2.72. The molecule has 0 unspecified atom stereocenters. The lowest BCUT2D eigenvalue weighted by Crippen LogP contribution is -2.30. The second-order valence-corrected chi connectivity index (χ2v) is 8.77. The number of hydrogen-bond donors (Lipinski definition) is 0. The van der Waals surface area contributed by atoms with E-state index in [0.717, 1.165) is 16.8 Å². The molecule has 1 heterocycles. The van der Waals surface area contributed by atoms with Gasteiger partial charge in [-0.15, -0.1) is 0 Å². The highest BCUT2D eigenvalue weighted by Crippen LogP contribution is 2.31. The van der Waals surface area contributed by atoms with Gasteiger partial charge in [0.05, 0.1) is 11.3 Å². The molecule has 2 aromatic rings. The number of rotatable bonds is 4. The minimum absolute atomic E-state index is 0.0239. The van der Waals surface area contributed by atoms with Crippen LogP contribution in [0.3, 0.4) is 0 Å². The molecule has 5 nitrogen and oxygen atoms in total. The van der Waals surface area contributed by atoms with Crippen LogP contribution in [-0.4, -0.2) is 39.3 Å². The molecular formula is C18H19ClN2O3S. The highest BCUT2D eigenvalue weighted by atomic mass is 35.5. The monoisotopic (exact) mass is 378 g/mol. The number of halogens is 1. The summed E-state index contributed by atoms with van der Waals surface area (Å²) >= 11 is 5.97. The van der Waals surface area contributed by atoms with Crippen LogP contribution in [0.2, 0.25) is 5.02 Å². The zero-order valence-electron chi connectivity index (χ0n) is 14.1. The van der Waals surface area contributed by atoms with Gasteiger partial charge >= 0.3 is 0 Å². The molecule has 3 rings (SSSR count). The standard InChI is InChI=1S/C18H19ClN2O3S/c1-20(2)25(23,24)16-6-7-17-14(12-16)8-9-21(17)18(22)11-13-4-3-5-15(19)10-13/h3-7,10,12H,8-9,11H2,1-2H3. The maximum absolute atomic E-state index is 12.6. The van der Waals surface area contributed by atoms with Crippen LogP contribution in [0.4, 0.5) is 5.69 Å². The molecule has 0 saturated heterocycles. The third kappa shape index (κ3) is 3.56. The van der Waals surface area contributed by atoms with Gasteiger partial charge in [0.2, 0.25) is 15.9 Å². The number of sulfonamides is 1. The van der Waals surface area contributed by atoms with Crippen molar-refractivity contribution in [3.05, 3.63) is 58.6 Å². The molecule has 0 spiro atoms. The van der Waals surface area contributed by atoms with Gasteiger partial charge in [0, 0.05) is 31.4 Å². The van der Waals surface area contributed by atoms with Crippen LogP contribution in [0.5, 0.6) is 0 Å². The summed E-state index contributed by atoms with van der Waals surface area (Å²) in [5, 5.41) is 0.602. The normalized spacial score (nSPS) is 14.0. The average molecular weight is 379 g/mol. The van der Waals surface area contributed by atoms with Gasteiger partial charge in [-0.2, -0.15) is 0 Å². The Morgan fingerprint density at radius 1 is 1.20 bits per heavy atom. The van der Waals surface area contributed by atoms with Gasteiger partial charge in [-0.05, 0) is 47.9 Å². The van der Waals surface area contributed by atoms with Crippen molar-refractivity contribution in [2.75, 3.05) is 25.5 Å². The molecule has 2 aromatic carbocycles. The maximum atomic E-state index is 12.6. The Kier molecular flexibility index (Phi) is 4.86. The van der Waals surface area contributed by atoms with Gasteiger partial charge in [-0.1, -0.05) is 23.7 Å². The van der Waals surface area contributed by atoms with E-state index < -0.39 is 10.0 Å². The van der Waals surface area contributed by atoms with Crippen LogP contribution in [0.15, 0.2) is 47.4 Å². The molecule has 7 heteroatoms. The van der Waals surface area contributed by atoms with E-state index in [2.05, 4.69) is 0 Å². The zero-order chi connectivity index (χ0) is 18.2. The number of nitrogens with zero attached hydrogens (tertiary/aromatic N) is 2. The quantitative estimate of drug-likeness (QED) is 0.821. The van der Waals surface area contributed by atoms with Gasteiger partial charge in [-0.25, -0.2) is 12.7 Å². The van der Waals surface area contributed by atoms with Crippen LogP contribution in [-0.2, 0) is 27.7 Å². The Morgan fingerprint density at radius 2 is 1.96 bits per heavy atom.